The molecule has 144 valence electrons. The highest BCUT2D eigenvalue weighted by Gasteiger charge is 2.29. The second-order valence-corrected chi connectivity index (χ2v) is 8.66. The van der Waals surface area contributed by atoms with Crippen molar-refractivity contribution < 1.29 is 17.6 Å². The van der Waals surface area contributed by atoms with Gasteiger partial charge in [0.15, 0.2) is 0 Å². The highest BCUT2D eigenvalue weighted by molar-refractivity contribution is 7.89. The second-order valence-electron chi connectivity index (χ2n) is 6.58. The van der Waals surface area contributed by atoms with E-state index in [1.807, 2.05) is 30.3 Å². The van der Waals surface area contributed by atoms with E-state index >= 15 is 0 Å². The Morgan fingerprint density at radius 2 is 1.56 bits per heavy atom. The van der Waals surface area contributed by atoms with Gasteiger partial charge in [0, 0.05) is 26.2 Å². The normalized spacial score (nSPS) is 15.7. The minimum absolute atomic E-state index is 0.0247. The molecule has 1 saturated heterocycles. The predicted octanol–water partition coefficient (Wildman–Crippen LogP) is 2.55. The van der Waals surface area contributed by atoms with Crippen molar-refractivity contribution in [2.24, 2.45) is 0 Å². The fourth-order valence-electron chi connectivity index (χ4n) is 3.21. The second kappa shape index (κ2) is 8.63. The Hall–Kier alpha value is -2.25. The van der Waals surface area contributed by atoms with Gasteiger partial charge in [-0.05, 0) is 30.5 Å². The van der Waals surface area contributed by atoms with E-state index in [4.69, 9.17) is 0 Å². The third-order valence-corrected chi connectivity index (χ3v) is 6.69. The minimum atomic E-state index is -3.35. The molecule has 0 N–H and O–H groups in total. The SMILES string of the molecule is O=C(c1ccccc1F)N1CCN(S(=O)(=O)CCCc2ccccc2)CC1. The van der Waals surface area contributed by atoms with Crippen LogP contribution in [0.2, 0.25) is 0 Å². The Labute approximate surface area is 159 Å². The van der Waals surface area contributed by atoms with Crippen LogP contribution in [0, 0.1) is 5.82 Å². The predicted molar refractivity (Wildman–Crippen MR) is 102 cm³/mol. The number of halogens is 1. The summed E-state index contributed by atoms with van der Waals surface area (Å²) in [7, 11) is -3.35. The van der Waals surface area contributed by atoms with Crippen LogP contribution in [0.4, 0.5) is 4.39 Å². The van der Waals surface area contributed by atoms with Crippen LogP contribution in [0.3, 0.4) is 0 Å². The van der Waals surface area contributed by atoms with E-state index in [1.165, 1.54) is 27.4 Å². The lowest BCUT2D eigenvalue weighted by Gasteiger charge is -2.34. The maximum Gasteiger partial charge on any atom is 0.256 e. The molecule has 0 aliphatic carbocycles. The first-order valence-electron chi connectivity index (χ1n) is 9.03. The third kappa shape index (κ3) is 4.93. The fraction of sp³-hybridized carbons (Fsp3) is 0.350. The molecule has 2 aromatic carbocycles. The van der Waals surface area contributed by atoms with Crippen LogP contribution in [-0.2, 0) is 16.4 Å². The molecule has 0 aromatic heterocycles. The number of sulfonamides is 1. The van der Waals surface area contributed by atoms with Crippen LogP contribution in [0.1, 0.15) is 22.3 Å². The molecule has 1 aliphatic rings. The number of benzene rings is 2. The number of hydrogen-bond acceptors (Lipinski definition) is 3. The van der Waals surface area contributed by atoms with Crippen LogP contribution in [0.15, 0.2) is 54.6 Å². The Bertz CT molecular complexity index is 879. The van der Waals surface area contributed by atoms with Crippen molar-refractivity contribution in [2.75, 3.05) is 31.9 Å². The van der Waals surface area contributed by atoms with Gasteiger partial charge in [-0.15, -0.1) is 0 Å². The third-order valence-electron chi connectivity index (χ3n) is 4.73. The standard InChI is InChI=1S/C20H23FN2O3S/c21-19-11-5-4-10-18(19)20(24)22-12-14-23(15-13-22)27(25,26)16-6-9-17-7-2-1-3-8-17/h1-5,7-8,10-11H,6,9,12-16H2. The first-order valence-corrected chi connectivity index (χ1v) is 10.6. The lowest BCUT2D eigenvalue weighted by Crippen LogP contribution is -2.51. The Morgan fingerprint density at radius 1 is 0.926 bits per heavy atom. The van der Waals surface area contributed by atoms with Gasteiger partial charge in [0.2, 0.25) is 10.0 Å². The van der Waals surface area contributed by atoms with Gasteiger partial charge in [-0.1, -0.05) is 42.5 Å². The van der Waals surface area contributed by atoms with Crippen LogP contribution in [-0.4, -0.2) is 55.5 Å². The smallest absolute Gasteiger partial charge is 0.256 e. The van der Waals surface area contributed by atoms with Gasteiger partial charge in [-0.2, -0.15) is 4.31 Å². The molecule has 0 atom stereocenters. The first kappa shape index (κ1) is 19.5. The lowest BCUT2D eigenvalue weighted by atomic mass is 10.1. The van der Waals surface area contributed by atoms with Crippen molar-refractivity contribution in [3.63, 3.8) is 0 Å². The molecule has 1 amide bonds. The number of rotatable bonds is 6. The molecule has 2 aromatic rings. The van der Waals surface area contributed by atoms with E-state index in [2.05, 4.69) is 0 Å². The van der Waals surface area contributed by atoms with Crippen molar-refractivity contribution >= 4 is 15.9 Å². The van der Waals surface area contributed by atoms with E-state index in [1.54, 1.807) is 6.07 Å². The zero-order valence-corrected chi connectivity index (χ0v) is 15.9. The number of piperazine rings is 1. The summed E-state index contributed by atoms with van der Waals surface area (Å²) >= 11 is 0. The summed E-state index contributed by atoms with van der Waals surface area (Å²) in [5.74, 6) is -0.865. The summed E-state index contributed by atoms with van der Waals surface area (Å²) < 4.78 is 40.3. The van der Waals surface area contributed by atoms with E-state index in [-0.39, 0.29) is 37.5 Å². The summed E-state index contributed by atoms with van der Waals surface area (Å²) in [5, 5.41) is 0. The summed E-state index contributed by atoms with van der Waals surface area (Å²) in [4.78, 5) is 13.9. The molecular formula is C20H23FN2O3S. The number of amides is 1. The van der Waals surface area contributed by atoms with Crippen molar-refractivity contribution in [3.8, 4) is 0 Å². The van der Waals surface area contributed by atoms with Gasteiger partial charge in [0.05, 0.1) is 11.3 Å². The van der Waals surface area contributed by atoms with Gasteiger partial charge in [-0.3, -0.25) is 4.79 Å². The van der Waals surface area contributed by atoms with Crippen molar-refractivity contribution in [1.29, 1.82) is 0 Å². The minimum Gasteiger partial charge on any atom is -0.336 e. The van der Waals surface area contributed by atoms with E-state index in [0.717, 1.165) is 5.56 Å². The molecule has 0 radical (unpaired) electrons. The number of aryl methyl sites for hydroxylation is 1. The Kier molecular flexibility index (Phi) is 6.23. The topological polar surface area (TPSA) is 57.7 Å². The molecule has 0 bridgehead atoms. The van der Waals surface area contributed by atoms with Gasteiger partial charge in [-0.25, -0.2) is 12.8 Å². The molecule has 7 heteroatoms. The maximum absolute atomic E-state index is 13.8. The van der Waals surface area contributed by atoms with Crippen LogP contribution in [0.25, 0.3) is 0 Å². The molecule has 3 rings (SSSR count). The molecule has 0 saturated carbocycles. The molecule has 27 heavy (non-hydrogen) atoms. The molecule has 1 aliphatic heterocycles. The van der Waals surface area contributed by atoms with Gasteiger partial charge in [0.1, 0.15) is 5.82 Å². The van der Waals surface area contributed by atoms with E-state index < -0.39 is 21.7 Å². The Balaban J connectivity index is 1.52. The largest absolute Gasteiger partial charge is 0.336 e. The van der Waals surface area contributed by atoms with E-state index in [0.29, 0.717) is 12.8 Å². The van der Waals surface area contributed by atoms with Crippen LogP contribution < -0.4 is 0 Å². The molecule has 0 unspecified atom stereocenters. The van der Waals surface area contributed by atoms with Crippen LogP contribution in [0.5, 0.6) is 0 Å². The van der Waals surface area contributed by atoms with Crippen molar-refractivity contribution in [3.05, 3.63) is 71.5 Å². The maximum atomic E-state index is 13.8. The average Bonchev–Trinajstić information content (AvgIpc) is 2.69. The lowest BCUT2D eigenvalue weighted by molar-refractivity contribution is 0.0693. The summed E-state index contributed by atoms with van der Waals surface area (Å²) in [6.45, 7) is 1.03. The number of carbonyl (C=O) groups is 1. The van der Waals surface area contributed by atoms with Crippen LogP contribution >= 0.6 is 0 Å². The van der Waals surface area contributed by atoms with Gasteiger partial charge < -0.3 is 4.90 Å². The van der Waals surface area contributed by atoms with E-state index in [9.17, 15) is 17.6 Å². The van der Waals surface area contributed by atoms with Gasteiger partial charge >= 0.3 is 0 Å². The summed E-state index contributed by atoms with van der Waals surface area (Å²) in [6.07, 6.45) is 1.27. The van der Waals surface area contributed by atoms with Gasteiger partial charge in [0.25, 0.3) is 5.91 Å². The number of hydrogen-bond donors (Lipinski definition) is 0. The number of nitrogens with zero attached hydrogens (tertiary/aromatic N) is 2. The zero-order valence-electron chi connectivity index (χ0n) is 15.1. The summed E-state index contributed by atoms with van der Waals surface area (Å²) in [6, 6.07) is 15.6. The Morgan fingerprint density at radius 3 is 2.22 bits per heavy atom. The average molecular weight is 390 g/mol. The van der Waals surface area contributed by atoms with Crippen molar-refractivity contribution in [2.45, 2.75) is 12.8 Å². The molecule has 0 spiro atoms. The monoisotopic (exact) mass is 390 g/mol. The molecular weight excluding hydrogens is 367 g/mol. The molecule has 1 heterocycles. The highest BCUT2D eigenvalue weighted by Crippen LogP contribution is 2.15. The quantitative estimate of drug-likeness (QED) is 0.762. The first-order chi connectivity index (χ1) is 13.0. The number of carbonyl (C=O) groups excluding carboxylic acids is 1. The fourth-order valence-corrected chi connectivity index (χ4v) is 4.69. The molecule has 5 nitrogen and oxygen atoms in total. The summed E-state index contributed by atoms with van der Waals surface area (Å²) in [5.41, 5.74) is 1.14. The highest BCUT2D eigenvalue weighted by atomic mass is 32.2. The zero-order chi connectivity index (χ0) is 19.3. The molecule has 1 fully saturated rings. The van der Waals surface area contributed by atoms with Crippen molar-refractivity contribution in [1.82, 2.24) is 9.21 Å².